The Labute approximate surface area is 205 Å². The lowest BCUT2D eigenvalue weighted by Crippen LogP contribution is -2.43. The van der Waals surface area contributed by atoms with E-state index in [4.69, 9.17) is 16.3 Å². The molecule has 0 saturated carbocycles. The van der Waals surface area contributed by atoms with Crippen LogP contribution in [0.25, 0.3) is 16.5 Å². The summed E-state index contributed by atoms with van der Waals surface area (Å²) in [5, 5.41) is 10.0. The van der Waals surface area contributed by atoms with Gasteiger partial charge in [0, 0.05) is 17.2 Å². The maximum Gasteiger partial charge on any atom is 0.269 e. The van der Waals surface area contributed by atoms with E-state index in [1.165, 1.54) is 22.1 Å². The summed E-state index contributed by atoms with van der Waals surface area (Å²) in [7, 11) is 0. The highest BCUT2D eigenvalue weighted by molar-refractivity contribution is 7.13. The molecular formula is C24H24ClN5O3S. The van der Waals surface area contributed by atoms with Gasteiger partial charge < -0.3 is 10.1 Å². The summed E-state index contributed by atoms with van der Waals surface area (Å²) in [6, 6.07) is 13.8. The van der Waals surface area contributed by atoms with E-state index in [-0.39, 0.29) is 17.4 Å². The quantitative estimate of drug-likeness (QED) is 0.362. The molecule has 34 heavy (non-hydrogen) atoms. The number of halogens is 1. The molecule has 0 spiro atoms. The van der Waals surface area contributed by atoms with Crippen molar-refractivity contribution < 1.29 is 9.53 Å². The topological polar surface area (TPSA) is 102 Å². The number of hydrogen-bond donors (Lipinski definition) is 2. The number of carbonyl (C=O) groups excluding carboxylic acids is 1. The van der Waals surface area contributed by atoms with Gasteiger partial charge in [0.1, 0.15) is 17.3 Å². The zero-order chi connectivity index (χ0) is 24.5. The molecule has 0 aliphatic carbocycles. The van der Waals surface area contributed by atoms with Gasteiger partial charge in [-0.1, -0.05) is 31.5 Å². The van der Waals surface area contributed by atoms with Crippen molar-refractivity contribution >= 4 is 34.7 Å². The molecule has 0 radical (unpaired) electrons. The number of nitrogens with one attached hydrogen (secondary N) is 2. The number of ether oxygens (including phenoxy) is 1. The molecule has 1 aromatic carbocycles. The Hall–Kier alpha value is -3.43. The summed E-state index contributed by atoms with van der Waals surface area (Å²) >= 11 is 7.46. The molecule has 1 amide bonds. The second kappa shape index (κ2) is 9.44. The highest BCUT2D eigenvalue weighted by atomic mass is 35.5. The predicted octanol–water partition coefficient (Wildman–Crippen LogP) is 5.26. The lowest BCUT2D eigenvalue weighted by atomic mass is 10.1. The summed E-state index contributed by atoms with van der Waals surface area (Å²) in [6.07, 6.45) is 0. The van der Waals surface area contributed by atoms with E-state index in [0.29, 0.717) is 28.0 Å². The molecule has 3 heterocycles. The number of hydrogen-bond acceptors (Lipinski definition) is 6. The van der Waals surface area contributed by atoms with Gasteiger partial charge >= 0.3 is 0 Å². The summed E-state index contributed by atoms with van der Waals surface area (Å²) in [6.45, 7) is 7.23. The van der Waals surface area contributed by atoms with E-state index in [9.17, 15) is 9.59 Å². The minimum absolute atomic E-state index is 0.0399. The number of H-pyrrole nitrogens is 1. The van der Waals surface area contributed by atoms with Crippen molar-refractivity contribution in [3.63, 3.8) is 0 Å². The maximum atomic E-state index is 13.2. The van der Waals surface area contributed by atoms with Gasteiger partial charge in [-0.15, -0.1) is 11.3 Å². The van der Waals surface area contributed by atoms with Crippen LogP contribution in [0.1, 0.15) is 39.3 Å². The standard InChI is InChI=1S/C24H24ClN5O3S/c1-14(2)17-13-21(31)28-23(26-17)30-20(12-18(29-30)19-6-5-11-34-19)27-22(32)24(3,4)33-16-9-7-15(25)8-10-16/h5-14H,1-4H3,(H,27,32)(H,26,28,31). The fourth-order valence-electron chi connectivity index (χ4n) is 3.15. The molecule has 176 valence electrons. The van der Waals surface area contributed by atoms with Crippen molar-refractivity contribution in [3.05, 3.63) is 75.0 Å². The lowest BCUT2D eigenvalue weighted by Gasteiger charge is -2.25. The van der Waals surface area contributed by atoms with Crippen molar-refractivity contribution in [2.45, 2.75) is 39.2 Å². The Bertz CT molecular complexity index is 1360. The smallest absolute Gasteiger partial charge is 0.269 e. The first-order valence-corrected chi connectivity index (χ1v) is 11.9. The SMILES string of the molecule is CC(C)c1cc(=O)[nH]c(-n2nc(-c3cccs3)cc2NC(=O)C(C)(C)Oc2ccc(Cl)cc2)n1. The molecule has 8 nitrogen and oxygen atoms in total. The van der Waals surface area contributed by atoms with Gasteiger partial charge in [0.25, 0.3) is 11.5 Å². The molecule has 10 heteroatoms. The molecule has 0 fully saturated rings. The minimum atomic E-state index is -1.22. The predicted molar refractivity (Wildman–Crippen MR) is 134 cm³/mol. The fourth-order valence-corrected chi connectivity index (χ4v) is 3.95. The zero-order valence-corrected chi connectivity index (χ0v) is 20.7. The molecule has 4 rings (SSSR count). The second-order valence-corrected chi connectivity index (χ2v) is 9.86. The van der Waals surface area contributed by atoms with Crippen LogP contribution in [-0.4, -0.2) is 31.3 Å². The van der Waals surface area contributed by atoms with Crippen LogP contribution in [0, 0.1) is 0 Å². The number of nitrogens with zero attached hydrogens (tertiary/aromatic N) is 3. The molecule has 0 saturated heterocycles. The van der Waals surface area contributed by atoms with Gasteiger partial charge in [-0.05, 0) is 55.5 Å². The molecular weight excluding hydrogens is 474 g/mol. The number of anilines is 1. The molecule has 0 aliphatic rings. The number of aromatic amines is 1. The second-order valence-electron chi connectivity index (χ2n) is 8.47. The van der Waals surface area contributed by atoms with Crippen LogP contribution in [-0.2, 0) is 4.79 Å². The molecule has 4 aromatic rings. The number of aromatic nitrogens is 4. The molecule has 0 atom stereocenters. The van der Waals surface area contributed by atoms with Crippen LogP contribution in [0.15, 0.2) is 58.7 Å². The first-order valence-electron chi connectivity index (χ1n) is 10.6. The van der Waals surface area contributed by atoms with Gasteiger partial charge in [-0.2, -0.15) is 9.78 Å². The number of rotatable bonds is 7. The molecule has 0 unspecified atom stereocenters. The van der Waals surface area contributed by atoms with Gasteiger partial charge in [0.05, 0.1) is 10.6 Å². The van der Waals surface area contributed by atoms with Crippen LogP contribution >= 0.6 is 22.9 Å². The maximum absolute atomic E-state index is 13.2. The van der Waals surface area contributed by atoms with E-state index >= 15 is 0 Å². The molecule has 0 aliphatic heterocycles. The van der Waals surface area contributed by atoms with Crippen molar-refractivity contribution in [3.8, 4) is 22.3 Å². The highest BCUT2D eigenvalue weighted by Gasteiger charge is 2.31. The van der Waals surface area contributed by atoms with Crippen molar-refractivity contribution in [1.82, 2.24) is 19.7 Å². The Morgan fingerprint density at radius 2 is 1.94 bits per heavy atom. The van der Waals surface area contributed by atoms with Gasteiger partial charge in [0.2, 0.25) is 5.95 Å². The monoisotopic (exact) mass is 497 g/mol. The first-order chi connectivity index (χ1) is 16.1. The highest BCUT2D eigenvalue weighted by Crippen LogP contribution is 2.28. The number of benzene rings is 1. The Morgan fingerprint density at radius 1 is 1.21 bits per heavy atom. The summed E-state index contributed by atoms with van der Waals surface area (Å²) in [5.41, 5.74) is -0.257. The van der Waals surface area contributed by atoms with Crippen LogP contribution in [0.2, 0.25) is 5.02 Å². The summed E-state index contributed by atoms with van der Waals surface area (Å²) in [5.74, 6) is 0.714. The molecule has 2 N–H and O–H groups in total. The minimum Gasteiger partial charge on any atom is -0.478 e. The number of thiophene rings is 1. The van der Waals surface area contributed by atoms with Crippen LogP contribution in [0.4, 0.5) is 5.82 Å². The Kier molecular flexibility index (Phi) is 6.58. The summed E-state index contributed by atoms with van der Waals surface area (Å²) in [4.78, 5) is 33.7. The third-order valence-electron chi connectivity index (χ3n) is 5.00. The van der Waals surface area contributed by atoms with E-state index in [2.05, 4.69) is 20.4 Å². The van der Waals surface area contributed by atoms with E-state index in [0.717, 1.165) is 4.88 Å². The van der Waals surface area contributed by atoms with Crippen LogP contribution in [0.3, 0.4) is 0 Å². The normalized spacial score (nSPS) is 11.6. The van der Waals surface area contributed by atoms with Gasteiger partial charge in [0.15, 0.2) is 5.60 Å². The van der Waals surface area contributed by atoms with E-state index in [1.807, 2.05) is 31.4 Å². The first kappa shape index (κ1) is 23.7. The van der Waals surface area contributed by atoms with E-state index < -0.39 is 11.5 Å². The zero-order valence-electron chi connectivity index (χ0n) is 19.1. The summed E-state index contributed by atoms with van der Waals surface area (Å²) < 4.78 is 7.34. The average Bonchev–Trinajstić information content (AvgIpc) is 3.45. The largest absolute Gasteiger partial charge is 0.478 e. The third kappa shape index (κ3) is 5.21. The van der Waals surface area contributed by atoms with Crippen molar-refractivity contribution in [2.75, 3.05) is 5.32 Å². The van der Waals surface area contributed by atoms with Crippen molar-refractivity contribution in [1.29, 1.82) is 0 Å². The molecule has 0 bridgehead atoms. The van der Waals surface area contributed by atoms with Crippen LogP contribution < -0.4 is 15.6 Å². The average molecular weight is 498 g/mol. The van der Waals surface area contributed by atoms with E-state index in [1.54, 1.807) is 44.2 Å². The van der Waals surface area contributed by atoms with Gasteiger partial charge in [-0.3, -0.25) is 14.6 Å². The third-order valence-corrected chi connectivity index (χ3v) is 6.14. The lowest BCUT2D eigenvalue weighted by molar-refractivity contribution is -0.128. The Morgan fingerprint density at radius 3 is 2.59 bits per heavy atom. The van der Waals surface area contributed by atoms with Crippen molar-refractivity contribution in [2.24, 2.45) is 0 Å². The number of carbonyl (C=O) groups is 1. The van der Waals surface area contributed by atoms with Crippen LogP contribution in [0.5, 0.6) is 5.75 Å². The fraction of sp³-hybridized carbons (Fsp3) is 0.250. The van der Waals surface area contributed by atoms with Gasteiger partial charge in [-0.25, -0.2) is 4.98 Å². The molecule has 3 aromatic heterocycles. The number of amides is 1. The Balaban J connectivity index is 1.70.